The second-order valence-electron chi connectivity index (χ2n) is 7.71. The highest BCUT2D eigenvalue weighted by atomic mass is 79.9. The SMILES string of the molecule is CCC(CC)(Oc1cc(Br)c(Oc2ccc(O)c(Cc3ccc(F)cc3)c2)c(Br)c1)P(=O)(O)O. The molecular weight excluding hydrogens is 594 g/mol. The number of benzene rings is 3. The number of ether oxygens (including phenoxy) is 2. The van der Waals surface area contributed by atoms with Crippen LogP contribution in [0.1, 0.15) is 37.8 Å². The molecule has 0 aliphatic carbocycles. The van der Waals surface area contributed by atoms with Gasteiger partial charge in [0.1, 0.15) is 23.1 Å². The minimum Gasteiger partial charge on any atom is -0.508 e. The summed E-state index contributed by atoms with van der Waals surface area (Å²) in [6.07, 6.45) is 0.647. The van der Waals surface area contributed by atoms with Crippen molar-refractivity contribution in [1.29, 1.82) is 0 Å². The maximum atomic E-state index is 13.2. The van der Waals surface area contributed by atoms with Crippen LogP contribution in [0.15, 0.2) is 63.5 Å². The second-order valence-corrected chi connectivity index (χ2v) is 11.3. The Morgan fingerprint density at radius 2 is 1.53 bits per heavy atom. The van der Waals surface area contributed by atoms with Crippen LogP contribution in [-0.4, -0.2) is 20.2 Å². The summed E-state index contributed by atoms with van der Waals surface area (Å²) in [6, 6.07) is 14.0. The van der Waals surface area contributed by atoms with Crippen molar-refractivity contribution in [3.8, 4) is 23.0 Å². The highest BCUT2D eigenvalue weighted by Crippen LogP contribution is 2.55. The number of aromatic hydroxyl groups is 1. The van der Waals surface area contributed by atoms with Crippen molar-refractivity contribution in [3.63, 3.8) is 0 Å². The molecule has 0 bridgehead atoms. The molecule has 0 saturated carbocycles. The lowest BCUT2D eigenvalue weighted by atomic mass is 10.0. The van der Waals surface area contributed by atoms with E-state index in [0.717, 1.165) is 5.56 Å². The first kappa shape index (κ1) is 26.7. The summed E-state index contributed by atoms with van der Waals surface area (Å²) in [5, 5.41) is 8.63. The van der Waals surface area contributed by atoms with Crippen LogP contribution in [0, 0.1) is 5.82 Å². The van der Waals surface area contributed by atoms with Crippen LogP contribution in [0.25, 0.3) is 0 Å². The summed E-state index contributed by atoms with van der Waals surface area (Å²) in [5.41, 5.74) is 1.44. The van der Waals surface area contributed by atoms with E-state index in [9.17, 15) is 23.8 Å². The standard InChI is InChI=1S/C24H24Br2FO6P/c1-3-24(4-2,34(29,30)31)33-19-13-20(25)23(21(26)14-19)32-18-9-10-22(28)16(12-18)11-15-5-7-17(27)8-6-15/h5-10,12-14,28H,3-4,11H2,1-2H3,(H2,29,30,31). The van der Waals surface area contributed by atoms with Crippen LogP contribution in [0.5, 0.6) is 23.0 Å². The third-order valence-corrected chi connectivity index (χ3v) is 8.46. The maximum Gasteiger partial charge on any atom is 0.368 e. The minimum absolute atomic E-state index is 0.0893. The van der Waals surface area contributed by atoms with Crippen molar-refractivity contribution in [2.75, 3.05) is 0 Å². The molecule has 0 unspecified atom stereocenters. The van der Waals surface area contributed by atoms with E-state index in [4.69, 9.17) is 9.47 Å². The molecule has 3 N–H and O–H groups in total. The Morgan fingerprint density at radius 3 is 2.06 bits per heavy atom. The molecule has 0 atom stereocenters. The molecule has 0 aliphatic rings. The van der Waals surface area contributed by atoms with Gasteiger partial charge >= 0.3 is 7.60 Å². The monoisotopic (exact) mass is 616 g/mol. The van der Waals surface area contributed by atoms with Crippen LogP contribution in [0.2, 0.25) is 0 Å². The van der Waals surface area contributed by atoms with Gasteiger partial charge in [-0.15, -0.1) is 0 Å². The number of phenolic OH excluding ortho intramolecular Hbond substituents is 1. The first-order valence-corrected chi connectivity index (χ1v) is 13.7. The lowest BCUT2D eigenvalue weighted by Crippen LogP contribution is -2.34. The minimum atomic E-state index is -4.54. The lowest BCUT2D eigenvalue weighted by Gasteiger charge is -2.33. The molecule has 0 fully saturated rings. The van der Waals surface area contributed by atoms with Crippen molar-refractivity contribution >= 4 is 39.5 Å². The topological polar surface area (TPSA) is 96.2 Å². The van der Waals surface area contributed by atoms with Gasteiger partial charge in [0.15, 0.2) is 5.75 Å². The lowest BCUT2D eigenvalue weighted by molar-refractivity contribution is 0.108. The largest absolute Gasteiger partial charge is 0.508 e. The summed E-state index contributed by atoms with van der Waals surface area (Å²) in [5.74, 6) is 0.896. The summed E-state index contributed by atoms with van der Waals surface area (Å²) in [7, 11) is -4.54. The van der Waals surface area contributed by atoms with Crippen molar-refractivity contribution in [3.05, 3.63) is 80.5 Å². The highest BCUT2D eigenvalue weighted by molar-refractivity contribution is 9.11. The van der Waals surface area contributed by atoms with Crippen LogP contribution in [0.3, 0.4) is 0 Å². The molecule has 0 spiro atoms. The van der Waals surface area contributed by atoms with E-state index in [0.29, 0.717) is 32.4 Å². The zero-order valence-corrected chi connectivity index (χ0v) is 22.5. The predicted octanol–water partition coefficient (Wildman–Crippen LogP) is 7.51. The maximum absolute atomic E-state index is 13.2. The zero-order valence-electron chi connectivity index (χ0n) is 18.5. The fourth-order valence-corrected chi connectivity index (χ4v) is 5.84. The Hall–Kier alpha value is -1.90. The fourth-order valence-electron chi connectivity index (χ4n) is 3.49. The average Bonchev–Trinajstić information content (AvgIpc) is 2.77. The van der Waals surface area contributed by atoms with E-state index in [1.807, 2.05) is 0 Å². The first-order valence-electron chi connectivity index (χ1n) is 10.5. The van der Waals surface area contributed by atoms with Crippen LogP contribution in [-0.2, 0) is 11.0 Å². The van der Waals surface area contributed by atoms with Gasteiger partial charge in [-0.2, -0.15) is 0 Å². The van der Waals surface area contributed by atoms with Crippen LogP contribution in [0.4, 0.5) is 4.39 Å². The molecule has 3 aromatic carbocycles. The first-order chi connectivity index (χ1) is 16.0. The molecule has 3 aromatic rings. The number of hydrogen-bond acceptors (Lipinski definition) is 4. The van der Waals surface area contributed by atoms with E-state index in [1.165, 1.54) is 18.2 Å². The van der Waals surface area contributed by atoms with Gasteiger partial charge in [0.2, 0.25) is 5.34 Å². The van der Waals surface area contributed by atoms with Gasteiger partial charge in [-0.1, -0.05) is 26.0 Å². The molecule has 182 valence electrons. The Balaban J connectivity index is 1.86. The van der Waals surface area contributed by atoms with Crippen molar-refractivity contribution < 1.29 is 33.3 Å². The van der Waals surface area contributed by atoms with Gasteiger partial charge in [0, 0.05) is 12.0 Å². The Bertz CT molecular complexity index is 1190. The number of hydrogen-bond donors (Lipinski definition) is 3. The molecule has 0 saturated heterocycles. The van der Waals surface area contributed by atoms with E-state index >= 15 is 0 Å². The summed E-state index contributed by atoms with van der Waals surface area (Å²) in [4.78, 5) is 19.7. The van der Waals surface area contributed by atoms with Gasteiger partial charge < -0.3 is 24.4 Å². The van der Waals surface area contributed by atoms with Crippen LogP contribution < -0.4 is 9.47 Å². The fraction of sp³-hybridized carbons (Fsp3) is 0.250. The molecular formula is C24H24Br2FO6P. The molecule has 0 aromatic heterocycles. The molecule has 6 nitrogen and oxygen atoms in total. The molecule has 10 heteroatoms. The van der Waals surface area contributed by atoms with Crippen molar-refractivity contribution in [2.45, 2.75) is 38.5 Å². The molecule has 0 amide bonds. The normalized spacial score (nSPS) is 12.0. The molecule has 0 heterocycles. The van der Waals surface area contributed by atoms with E-state index < -0.39 is 12.9 Å². The quantitative estimate of drug-likeness (QED) is 0.215. The smallest absolute Gasteiger partial charge is 0.368 e. The Morgan fingerprint density at radius 1 is 0.941 bits per heavy atom. The summed E-state index contributed by atoms with van der Waals surface area (Å²) in [6.45, 7) is 3.33. The molecule has 0 aliphatic heterocycles. The van der Waals surface area contributed by atoms with E-state index in [1.54, 1.807) is 50.2 Å². The van der Waals surface area contributed by atoms with E-state index in [-0.39, 0.29) is 30.2 Å². The van der Waals surface area contributed by atoms with Gasteiger partial charge in [-0.3, -0.25) is 4.57 Å². The van der Waals surface area contributed by atoms with Gasteiger partial charge in [-0.25, -0.2) is 4.39 Å². The summed E-state index contributed by atoms with van der Waals surface area (Å²) < 4.78 is 38.1. The number of phenols is 1. The number of halogens is 3. The van der Waals surface area contributed by atoms with Crippen LogP contribution >= 0.6 is 39.5 Å². The number of rotatable bonds is 9. The third kappa shape index (κ3) is 6.01. The second kappa shape index (κ2) is 10.8. The zero-order chi connectivity index (χ0) is 25.1. The van der Waals surface area contributed by atoms with Gasteiger partial charge in [0.05, 0.1) is 8.95 Å². The van der Waals surface area contributed by atoms with Crippen molar-refractivity contribution in [1.82, 2.24) is 0 Å². The van der Waals surface area contributed by atoms with E-state index in [2.05, 4.69) is 31.9 Å². The van der Waals surface area contributed by atoms with Gasteiger partial charge in [-0.05, 0) is 92.7 Å². The van der Waals surface area contributed by atoms with Gasteiger partial charge in [0.25, 0.3) is 0 Å². The Kier molecular flexibility index (Phi) is 8.47. The average molecular weight is 618 g/mol. The molecule has 0 radical (unpaired) electrons. The molecule has 34 heavy (non-hydrogen) atoms. The third-order valence-electron chi connectivity index (χ3n) is 5.49. The Labute approximate surface area is 214 Å². The predicted molar refractivity (Wildman–Crippen MR) is 135 cm³/mol. The highest BCUT2D eigenvalue weighted by Gasteiger charge is 2.46. The molecule has 3 rings (SSSR count). The van der Waals surface area contributed by atoms with Crippen molar-refractivity contribution in [2.24, 2.45) is 0 Å². The summed E-state index contributed by atoms with van der Waals surface area (Å²) >= 11 is 6.87.